The van der Waals surface area contributed by atoms with Crippen molar-refractivity contribution in [2.75, 3.05) is 33.2 Å². The van der Waals surface area contributed by atoms with E-state index in [1.165, 1.54) is 6.42 Å². The molecule has 48 valence electrons. The second-order valence-electron chi connectivity index (χ2n) is 2.22. The minimum Gasteiger partial charge on any atom is -0.315 e. The SMILES string of the molecule is [3H]CN1CCCNCC1. The van der Waals surface area contributed by atoms with Gasteiger partial charge in [0.2, 0.25) is 0 Å². The zero-order valence-electron chi connectivity index (χ0n) is 6.19. The Hall–Kier alpha value is -0.0800. The third-order valence-electron chi connectivity index (χ3n) is 1.43. The van der Waals surface area contributed by atoms with Crippen molar-refractivity contribution >= 4 is 0 Å². The first-order valence-electron chi connectivity index (χ1n) is 3.86. The van der Waals surface area contributed by atoms with E-state index in [4.69, 9.17) is 1.37 Å². The van der Waals surface area contributed by atoms with Crippen molar-refractivity contribution in [3.05, 3.63) is 0 Å². The molecule has 1 aliphatic heterocycles. The molecule has 0 aliphatic carbocycles. The first kappa shape index (κ1) is 4.77. The van der Waals surface area contributed by atoms with E-state index in [0.29, 0.717) is 7.02 Å². The Kier molecular flexibility index (Phi) is 1.82. The van der Waals surface area contributed by atoms with E-state index in [2.05, 4.69) is 10.2 Å². The van der Waals surface area contributed by atoms with Crippen LogP contribution in [-0.2, 0) is 0 Å². The Labute approximate surface area is 52.3 Å². The second kappa shape index (κ2) is 3.05. The fourth-order valence-electron chi connectivity index (χ4n) is 0.902. The van der Waals surface area contributed by atoms with Gasteiger partial charge in [0.25, 0.3) is 0 Å². The average Bonchev–Trinajstić information content (AvgIpc) is 2.13. The van der Waals surface area contributed by atoms with Crippen LogP contribution >= 0.6 is 0 Å². The Bertz CT molecular complexity index is 69.5. The van der Waals surface area contributed by atoms with Gasteiger partial charge in [-0.15, -0.1) is 0 Å². The van der Waals surface area contributed by atoms with Crippen molar-refractivity contribution in [3.63, 3.8) is 0 Å². The van der Waals surface area contributed by atoms with Gasteiger partial charge < -0.3 is 10.2 Å². The highest BCUT2D eigenvalue weighted by Crippen LogP contribution is 1.88. The Balaban J connectivity index is 2.18. The third kappa shape index (κ3) is 1.80. The van der Waals surface area contributed by atoms with Crippen LogP contribution < -0.4 is 5.32 Å². The topological polar surface area (TPSA) is 15.3 Å². The lowest BCUT2D eigenvalue weighted by Crippen LogP contribution is -2.23. The van der Waals surface area contributed by atoms with Crippen molar-refractivity contribution in [1.82, 2.24) is 10.2 Å². The molecule has 1 heterocycles. The van der Waals surface area contributed by atoms with Gasteiger partial charge in [-0.2, -0.15) is 0 Å². The maximum absolute atomic E-state index is 7.09. The van der Waals surface area contributed by atoms with Crippen LogP contribution in [0.2, 0.25) is 0 Å². The number of hydrogen-bond donors (Lipinski definition) is 1. The number of rotatable bonds is 0. The number of likely N-dealkylation sites (N-methyl/N-ethyl adjacent to an activating group) is 1. The van der Waals surface area contributed by atoms with Gasteiger partial charge in [-0.3, -0.25) is 0 Å². The summed E-state index contributed by atoms with van der Waals surface area (Å²) in [7, 11) is 0.460. The van der Waals surface area contributed by atoms with E-state index in [9.17, 15) is 0 Å². The molecule has 0 radical (unpaired) electrons. The van der Waals surface area contributed by atoms with Crippen LogP contribution in [0.25, 0.3) is 0 Å². The lowest BCUT2D eigenvalue weighted by atomic mass is 10.4. The zero-order chi connectivity index (χ0) is 6.53. The predicted octanol–water partition coefficient (Wildman–Crippen LogP) is -0.0885. The summed E-state index contributed by atoms with van der Waals surface area (Å²) in [6.07, 6.45) is 1.19. The number of nitrogens with one attached hydrogen (secondary N) is 1. The number of nitrogens with zero attached hydrogens (tertiary/aromatic N) is 1. The summed E-state index contributed by atoms with van der Waals surface area (Å²) in [5.74, 6) is 0. The molecule has 1 N–H and O–H groups in total. The quantitative estimate of drug-likeness (QED) is 0.476. The summed E-state index contributed by atoms with van der Waals surface area (Å²) in [4.78, 5) is 2.15. The van der Waals surface area contributed by atoms with E-state index in [1.54, 1.807) is 0 Å². The van der Waals surface area contributed by atoms with E-state index in [-0.39, 0.29) is 0 Å². The van der Waals surface area contributed by atoms with Crippen LogP contribution in [0.15, 0.2) is 0 Å². The normalized spacial score (nSPS) is 26.8. The molecule has 1 aliphatic rings. The van der Waals surface area contributed by atoms with Crippen LogP contribution in [0.3, 0.4) is 0 Å². The predicted molar refractivity (Wildman–Crippen MR) is 35.0 cm³/mol. The van der Waals surface area contributed by atoms with Gasteiger partial charge in [0, 0.05) is 14.5 Å². The maximum Gasteiger partial charge on any atom is 0.0394 e. The molecule has 2 heteroatoms. The van der Waals surface area contributed by atoms with E-state index in [0.717, 1.165) is 26.2 Å². The van der Waals surface area contributed by atoms with Crippen molar-refractivity contribution in [2.45, 2.75) is 6.42 Å². The molecule has 1 fully saturated rings. The molecule has 1 rings (SSSR count). The van der Waals surface area contributed by atoms with Crippen molar-refractivity contribution in [2.24, 2.45) is 0 Å². The summed E-state index contributed by atoms with van der Waals surface area (Å²) in [6.45, 7) is 4.31. The molecular formula is C6H14N2. The van der Waals surface area contributed by atoms with Gasteiger partial charge >= 0.3 is 0 Å². The third-order valence-corrected chi connectivity index (χ3v) is 1.43. The molecule has 0 unspecified atom stereocenters. The summed E-state index contributed by atoms with van der Waals surface area (Å²) >= 11 is 0. The highest BCUT2D eigenvalue weighted by molar-refractivity contribution is 4.60. The molecule has 0 amide bonds. The van der Waals surface area contributed by atoms with Gasteiger partial charge in [-0.1, -0.05) is 0 Å². The van der Waals surface area contributed by atoms with Crippen LogP contribution in [0.4, 0.5) is 0 Å². The minimum absolute atomic E-state index is 0.460. The first-order valence-corrected chi connectivity index (χ1v) is 3.16. The van der Waals surface area contributed by atoms with Crippen molar-refractivity contribution in [3.8, 4) is 0 Å². The Morgan fingerprint density at radius 3 is 3.38 bits per heavy atom. The van der Waals surface area contributed by atoms with Gasteiger partial charge in [-0.05, 0) is 26.5 Å². The number of hydrogen-bond acceptors (Lipinski definition) is 2. The molecule has 8 heavy (non-hydrogen) atoms. The summed E-state index contributed by atoms with van der Waals surface area (Å²) < 4.78 is 7.09. The Morgan fingerprint density at radius 1 is 1.50 bits per heavy atom. The lowest BCUT2D eigenvalue weighted by Gasteiger charge is -2.09. The minimum atomic E-state index is 0.460. The van der Waals surface area contributed by atoms with Crippen LogP contribution in [0.5, 0.6) is 0 Å². The smallest absolute Gasteiger partial charge is 0.0394 e. The molecule has 0 aromatic rings. The first-order chi connectivity index (χ1) is 4.43. The van der Waals surface area contributed by atoms with Crippen molar-refractivity contribution < 1.29 is 1.37 Å². The second-order valence-corrected chi connectivity index (χ2v) is 2.22. The fraction of sp³-hybridized carbons (Fsp3) is 1.00. The van der Waals surface area contributed by atoms with E-state index in [1.807, 2.05) is 0 Å². The molecule has 2 nitrogen and oxygen atoms in total. The zero-order valence-corrected chi connectivity index (χ0v) is 5.19. The highest BCUT2D eigenvalue weighted by atomic mass is 15.1. The van der Waals surface area contributed by atoms with Gasteiger partial charge in [0.05, 0.1) is 0 Å². The van der Waals surface area contributed by atoms with Gasteiger partial charge in [-0.25, -0.2) is 0 Å². The standard InChI is InChI=1S/C6H14N2/c1-8-5-2-3-7-4-6-8/h7H,2-6H2,1H3/i1T. The lowest BCUT2D eigenvalue weighted by molar-refractivity contribution is 0.358. The van der Waals surface area contributed by atoms with Crippen LogP contribution in [0.1, 0.15) is 7.79 Å². The largest absolute Gasteiger partial charge is 0.315 e. The molecule has 0 saturated carbocycles. The van der Waals surface area contributed by atoms with Crippen LogP contribution in [0, 0.1) is 0 Å². The molecule has 0 aromatic carbocycles. The maximum atomic E-state index is 7.09. The van der Waals surface area contributed by atoms with Crippen LogP contribution in [-0.4, -0.2) is 38.1 Å². The van der Waals surface area contributed by atoms with E-state index < -0.39 is 0 Å². The van der Waals surface area contributed by atoms with E-state index >= 15 is 0 Å². The molecule has 0 aromatic heterocycles. The molecular weight excluding hydrogens is 100 g/mol. The average molecular weight is 116 g/mol. The molecule has 0 spiro atoms. The summed E-state index contributed by atoms with van der Waals surface area (Å²) in [5.41, 5.74) is 0. The summed E-state index contributed by atoms with van der Waals surface area (Å²) in [5, 5.41) is 3.29. The Morgan fingerprint density at radius 2 is 2.50 bits per heavy atom. The van der Waals surface area contributed by atoms with Gasteiger partial charge in [0.1, 0.15) is 0 Å². The monoisotopic (exact) mass is 116 g/mol. The molecule has 0 bridgehead atoms. The highest BCUT2D eigenvalue weighted by Gasteiger charge is 2.00. The van der Waals surface area contributed by atoms with Gasteiger partial charge in [0.15, 0.2) is 0 Å². The molecule has 0 atom stereocenters. The fourth-order valence-corrected chi connectivity index (χ4v) is 0.902. The van der Waals surface area contributed by atoms with Crippen molar-refractivity contribution in [1.29, 1.82) is 0 Å². The molecule has 1 saturated heterocycles. The summed E-state index contributed by atoms with van der Waals surface area (Å²) in [6, 6.07) is 0.